The lowest BCUT2D eigenvalue weighted by molar-refractivity contribution is -0.120. The van der Waals surface area contributed by atoms with E-state index >= 15 is 0 Å². The fraction of sp³-hybridized carbons (Fsp3) is 0.450. The Kier molecular flexibility index (Phi) is 6.34. The first-order chi connectivity index (χ1) is 12.9. The molecule has 27 heavy (non-hydrogen) atoms. The number of nitrogens with one attached hydrogen (secondary N) is 1. The van der Waals surface area contributed by atoms with E-state index in [1.807, 2.05) is 24.3 Å². The first kappa shape index (κ1) is 20.0. The van der Waals surface area contributed by atoms with Crippen LogP contribution >= 0.6 is 11.3 Å². The van der Waals surface area contributed by atoms with Gasteiger partial charge in [-0.05, 0) is 48.3 Å². The van der Waals surface area contributed by atoms with E-state index in [4.69, 9.17) is 0 Å². The SMILES string of the molecule is CC[C@H](C)c1ccccc1NC(=O)[C@@H]1CCCN(S(=O)(=O)c2cccs2)C1. The molecule has 1 fully saturated rings. The van der Waals surface area contributed by atoms with E-state index in [-0.39, 0.29) is 18.4 Å². The minimum Gasteiger partial charge on any atom is -0.326 e. The van der Waals surface area contributed by atoms with Gasteiger partial charge in [0.05, 0.1) is 5.92 Å². The Labute approximate surface area is 165 Å². The summed E-state index contributed by atoms with van der Waals surface area (Å²) < 4.78 is 27.3. The minimum absolute atomic E-state index is 0.100. The average molecular weight is 407 g/mol. The molecule has 146 valence electrons. The van der Waals surface area contributed by atoms with Gasteiger partial charge >= 0.3 is 0 Å². The van der Waals surface area contributed by atoms with E-state index < -0.39 is 10.0 Å². The van der Waals surface area contributed by atoms with Crippen molar-refractivity contribution in [3.05, 3.63) is 47.3 Å². The summed E-state index contributed by atoms with van der Waals surface area (Å²) >= 11 is 1.21. The fourth-order valence-corrected chi connectivity index (χ4v) is 6.08. The number of sulfonamides is 1. The summed E-state index contributed by atoms with van der Waals surface area (Å²) in [5, 5.41) is 4.80. The number of carbonyl (C=O) groups excluding carboxylic acids is 1. The van der Waals surface area contributed by atoms with Gasteiger partial charge in [0.1, 0.15) is 4.21 Å². The van der Waals surface area contributed by atoms with Crippen LogP contribution in [0.4, 0.5) is 5.69 Å². The highest BCUT2D eigenvalue weighted by Crippen LogP contribution is 2.29. The number of hydrogen-bond donors (Lipinski definition) is 1. The van der Waals surface area contributed by atoms with Gasteiger partial charge in [0.15, 0.2) is 0 Å². The van der Waals surface area contributed by atoms with Gasteiger partial charge < -0.3 is 5.32 Å². The Morgan fingerprint density at radius 1 is 1.30 bits per heavy atom. The van der Waals surface area contributed by atoms with Crippen molar-refractivity contribution < 1.29 is 13.2 Å². The van der Waals surface area contributed by atoms with Crippen molar-refractivity contribution in [3.8, 4) is 0 Å². The van der Waals surface area contributed by atoms with Gasteiger partial charge in [-0.15, -0.1) is 11.3 Å². The molecule has 0 radical (unpaired) electrons. The van der Waals surface area contributed by atoms with Gasteiger partial charge in [-0.25, -0.2) is 8.42 Å². The van der Waals surface area contributed by atoms with Crippen molar-refractivity contribution in [1.82, 2.24) is 4.31 Å². The van der Waals surface area contributed by atoms with Gasteiger partial charge in [-0.2, -0.15) is 4.31 Å². The van der Waals surface area contributed by atoms with Crippen LogP contribution in [0.15, 0.2) is 46.0 Å². The van der Waals surface area contributed by atoms with Gasteiger partial charge in [0.2, 0.25) is 5.91 Å². The summed E-state index contributed by atoms with van der Waals surface area (Å²) in [5.41, 5.74) is 1.95. The second kappa shape index (κ2) is 8.54. The molecule has 0 unspecified atom stereocenters. The Morgan fingerprint density at radius 3 is 2.78 bits per heavy atom. The Morgan fingerprint density at radius 2 is 2.07 bits per heavy atom. The smallest absolute Gasteiger partial charge is 0.252 e. The molecule has 3 rings (SSSR count). The predicted molar refractivity (Wildman–Crippen MR) is 110 cm³/mol. The third-order valence-corrected chi connectivity index (χ3v) is 8.44. The quantitative estimate of drug-likeness (QED) is 0.778. The molecular formula is C20H26N2O3S2. The van der Waals surface area contributed by atoms with Gasteiger partial charge in [0.25, 0.3) is 10.0 Å². The van der Waals surface area contributed by atoms with Crippen molar-refractivity contribution in [1.29, 1.82) is 0 Å². The van der Waals surface area contributed by atoms with Gasteiger partial charge in [-0.3, -0.25) is 4.79 Å². The maximum absolute atomic E-state index is 12.9. The maximum atomic E-state index is 12.9. The van der Waals surface area contributed by atoms with Crippen LogP contribution in [-0.4, -0.2) is 31.7 Å². The number of benzene rings is 1. The monoisotopic (exact) mass is 406 g/mol. The van der Waals surface area contributed by atoms with Crippen LogP contribution in [0.1, 0.15) is 44.6 Å². The number of thiophene rings is 1. The molecule has 0 aliphatic carbocycles. The average Bonchev–Trinajstić information content (AvgIpc) is 3.23. The molecule has 0 bridgehead atoms. The zero-order valence-corrected chi connectivity index (χ0v) is 17.4. The zero-order chi connectivity index (χ0) is 19.4. The third-order valence-electron chi connectivity index (χ3n) is 5.21. The van der Waals surface area contributed by atoms with Crippen molar-refractivity contribution in [2.75, 3.05) is 18.4 Å². The molecule has 1 amide bonds. The topological polar surface area (TPSA) is 66.5 Å². The molecule has 1 aromatic heterocycles. The van der Waals surface area contributed by atoms with Gasteiger partial charge in [0, 0.05) is 18.8 Å². The molecule has 1 aliphatic rings. The Bertz CT molecular complexity index is 878. The van der Waals surface area contributed by atoms with Gasteiger partial charge in [-0.1, -0.05) is 38.1 Å². The normalized spacial score (nSPS) is 19.6. The summed E-state index contributed by atoms with van der Waals surface area (Å²) in [6.45, 7) is 4.96. The third kappa shape index (κ3) is 4.42. The van der Waals surface area contributed by atoms with Crippen molar-refractivity contribution >= 4 is 33.0 Å². The van der Waals surface area contributed by atoms with Crippen LogP contribution < -0.4 is 5.32 Å². The molecule has 1 aromatic carbocycles. The van der Waals surface area contributed by atoms with Crippen molar-refractivity contribution in [2.24, 2.45) is 5.92 Å². The van der Waals surface area contributed by atoms with E-state index in [1.165, 1.54) is 15.6 Å². The molecule has 2 atom stereocenters. The van der Waals surface area contributed by atoms with Crippen molar-refractivity contribution in [3.63, 3.8) is 0 Å². The molecule has 1 saturated heterocycles. The number of hydrogen-bond acceptors (Lipinski definition) is 4. The van der Waals surface area contributed by atoms with E-state index in [1.54, 1.807) is 17.5 Å². The molecule has 1 aliphatic heterocycles. The van der Waals surface area contributed by atoms with E-state index in [0.717, 1.165) is 17.7 Å². The fourth-order valence-electron chi connectivity index (χ4n) is 3.41. The van der Waals surface area contributed by atoms with Crippen LogP contribution in [0.5, 0.6) is 0 Å². The molecule has 7 heteroatoms. The Balaban J connectivity index is 1.73. The summed E-state index contributed by atoms with van der Waals surface area (Å²) in [5.74, 6) is -0.0844. The summed E-state index contributed by atoms with van der Waals surface area (Å²) in [4.78, 5) is 12.9. The number of carbonyl (C=O) groups is 1. The zero-order valence-electron chi connectivity index (χ0n) is 15.7. The highest BCUT2D eigenvalue weighted by Gasteiger charge is 2.34. The largest absolute Gasteiger partial charge is 0.326 e. The number of amides is 1. The molecule has 0 spiro atoms. The van der Waals surface area contributed by atoms with Crippen molar-refractivity contribution in [2.45, 2.75) is 43.2 Å². The van der Waals surface area contributed by atoms with Crippen LogP contribution in [-0.2, 0) is 14.8 Å². The molecular weight excluding hydrogens is 380 g/mol. The lowest BCUT2D eigenvalue weighted by atomic mass is 9.95. The maximum Gasteiger partial charge on any atom is 0.252 e. The molecule has 2 aromatic rings. The number of anilines is 1. The number of nitrogens with zero attached hydrogens (tertiary/aromatic N) is 1. The first-order valence-corrected chi connectivity index (χ1v) is 11.7. The minimum atomic E-state index is -3.51. The summed E-state index contributed by atoms with van der Waals surface area (Å²) in [7, 11) is -3.51. The number of para-hydroxylation sites is 1. The van der Waals surface area contributed by atoms with E-state index in [0.29, 0.717) is 29.5 Å². The van der Waals surface area contributed by atoms with Crippen LogP contribution in [0.2, 0.25) is 0 Å². The van der Waals surface area contributed by atoms with E-state index in [2.05, 4.69) is 19.2 Å². The molecule has 0 saturated carbocycles. The predicted octanol–water partition coefficient (Wildman–Crippen LogP) is 4.30. The highest BCUT2D eigenvalue weighted by atomic mass is 32.2. The number of piperidine rings is 1. The lowest BCUT2D eigenvalue weighted by Gasteiger charge is -2.31. The second-order valence-corrected chi connectivity index (χ2v) is 10.1. The van der Waals surface area contributed by atoms with Crippen LogP contribution in [0.25, 0.3) is 0 Å². The molecule has 5 nitrogen and oxygen atoms in total. The Hall–Kier alpha value is -1.70. The highest BCUT2D eigenvalue weighted by molar-refractivity contribution is 7.91. The van der Waals surface area contributed by atoms with Crippen LogP contribution in [0.3, 0.4) is 0 Å². The standard InChI is InChI=1S/C20H26N2O3S2/c1-3-15(2)17-9-4-5-10-18(17)21-20(23)16-8-6-12-22(14-16)27(24,25)19-11-7-13-26-19/h4-5,7,9-11,13,15-16H,3,6,8,12,14H2,1-2H3,(H,21,23)/t15-,16+/m0/s1. The lowest BCUT2D eigenvalue weighted by Crippen LogP contribution is -2.43. The second-order valence-electron chi connectivity index (χ2n) is 7.02. The molecule has 1 N–H and O–H groups in total. The van der Waals surface area contributed by atoms with E-state index in [9.17, 15) is 13.2 Å². The molecule has 2 heterocycles. The first-order valence-electron chi connectivity index (χ1n) is 9.37. The number of rotatable bonds is 6. The van der Waals surface area contributed by atoms with Crippen LogP contribution in [0, 0.1) is 5.92 Å². The summed E-state index contributed by atoms with van der Waals surface area (Å²) in [6.07, 6.45) is 2.38. The summed E-state index contributed by atoms with van der Waals surface area (Å²) in [6, 6.07) is 11.2.